The lowest BCUT2D eigenvalue weighted by molar-refractivity contribution is -0.121. The summed E-state index contributed by atoms with van der Waals surface area (Å²) >= 11 is 0. The summed E-state index contributed by atoms with van der Waals surface area (Å²) in [5, 5.41) is 2.91. The predicted molar refractivity (Wildman–Crippen MR) is 83.2 cm³/mol. The highest BCUT2D eigenvalue weighted by molar-refractivity contribution is 5.76. The normalized spacial score (nSPS) is 12.4. The molecule has 1 unspecified atom stereocenters. The molecule has 4 heteroatoms. The zero-order valence-electron chi connectivity index (χ0n) is 12.9. The molecule has 0 aliphatic heterocycles. The van der Waals surface area contributed by atoms with E-state index in [0.29, 0.717) is 13.0 Å². The first-order valence-electron chi connectivity index (χ1n) is 7.37. The molecule has 0 heterocycles. The molecule has 1 rings (SSSR count). The van der Waals surface area contributed by atoms with Gasteiger partial charge in [0.05, 0.1) is 0 Å². The van der Waals surface area contributed by atoms with Gasteiger partial charge in [0.1, 0.15) is 0 Å². The lowest BCUT2D eigenvalue weighted by Gasteiger charge is -2.18. The van der Waals surface area contributed by atoms with Crippen LogP contribution >= 0.6 is 0 Å². The average molecular weight is 277 g/mol. The Morgan fingerprint density at radius 2 is 1.95 bits per heavy atom. The highest BCUT2D eigenvalue weighted by Gasteiger charge is 2.05. The van der Waals surface area contributed by atoms with E-state index in [-0.39, 0.29) is 11.9 Å². The number of nitrogens with zero attached hydrogens (tertiary/aromatic N) is 1. The maximum atomic E-state index is 11.6. The highest BCUT2D eigenvalue weighted by atomic mass is 16.1. The quantitative estimate of drug-likeness (QED) is 0.763. The van der Waals surface area contributed by atoms with Crippen LogP contribution < -0.4 is 11.1 Å². The van der Waals surface area contributed by atoms with Crippen LogP contribution in [0.3, 0.4) is 0 Å². The Bertz CT molecular complexity index is 414. The predicted octanol–water partition coefficient (Wildman–Crippen LogP) is 1.88. The van der Waals surface area contributed by atoms with Gasteiger partial charge in [-0.2, -0.15) is 0 Å². The van der Waals surface area contributed by atoms with E-state index in [1.807, 2.05) is 19.1 Å². The summed E-state index contributed by atoms with van der Waals surface area (Å²) in [6.07, 6.45) is 0.374. The summed E-state index contributed by atoms with van der Waals surface area (Å²) in [5.74, 6) is 0.00847. The second-order valence-corrected chi connectivity index (χ2v) is 5.24. The van der Waals surface area contributed by atoms with Crippen molar-refractivity contribution in [3.05, 3.63) is 35.4 Å². The number of nitrogens with one attached hydrogen (secondary N) is 1. The lowest BCUT2D eigenvalue weighted by Crippen LogP contribution is -2.29. The number of benzene rings is 1. The van der Waals surface area contributed by atoms with E-state index in [1.165, 1.54) is 5.56 Å². The largest absolute Gasteiger partial charge is 0.352 e. The molecule has 3 N–H and O–H groups in total. The molecule has 112 valence electrons. The molecule has 0 saturated heterocycles. The van der Waals surface area contributed by atoms with Crippen molar-refractivity contribution in [2.45, 2.75) is 46.3 Å². The fraction of sp³-hybridized carbons (Fsp3) is 0.562. The van der Waals surface area contributed by atoms with E-state index in [9.17, 15) is 4.79 Å². The van der Waals surface area contributed by atoms with Crippen LogP contribution in [0, 0.1) is 0 Å². The maximum Gasteiger partial charge on any atom is 0.221 e. The van der Waals surface area contributed by atoms with E-state index >= 15 is 0 Å². The van der Waals surface area contributed by atoms with Crippen LogP contribution in [0.25, 0.3) is 0 Å². The number of hydrogen-bond acceptors (Lipinski definition) is 3. The Morgan fingerprint density at radius 1 is 1.30 bits per heavy atom. The van der Waals surface area contributed by atoms with Crippen LogP contribution in [-0.2, 0) is 17.9 Å². The summed E-state index contributed by atoms with van der Waals surface area (Å²) in [7, 11) is 0. The summed E-state index contributed by atoms with van der Waals surface area (Å²) in [4.78, 5) is 14.0. The van der Waals surface area contributed by atoms with Gasteiger partial charge < -0.3 is 11.1 Å². The van der Waals surface area contributed by atoms with Crippen LogP contribution in [0.1, 0.15) is 38.3 Å². The van der Waals surface area contributed by atoms with E-state index < -0.39 is 0 Å². The zero-order valence-corrected chi connectivity index (χ0v) is 12.9. The molecular weight excluding hydrogens is 250 g/mol. The number of carbonyl (C=O) groups is 1. The molecule has 20 heavy (non-hydrogen) atoms. The monoisotopic (exact) mass is 277 g/mol. The van der Waals surface area contributed by atoms with Gasteiger partial charge >= 0.3 is 0 Å². The van der Waals surface area contributed by atoms with Crippen molar-refractivity contribution in [3.63, 3.8) is 0 Å². The number of nitrogens with two attached hydrogens (primary N) is 1. The topological polar surface area (TPSA) is 58.4 Å². The molecule has 0 aromatic heterocycles. The lowest BCUT2D eigenvalue weighted by atomic mass is 10.1. The Hall–Kier alpha value is -1.39. The molecule has 4 nitrogen and oxygen atoms in total. The van der Waals surface area contributed by atoms with Crippen LogP contribution in [0.5, 0.6) is 0 Å². The minimum atomic E-state index is -0.0935. The molecular formula is C16H27N3O. The Kier molecular flexibility index (Phi) is 7.26. The second-order valence-electron chi connectivity index (χ2n) is 5.24. The third kappa shape index (κ3) is 6.17. The molecule has 1 atom stereocenters. The SMILES string of the molecule is CCN(CC)Cc1cccc(CNC(=O)CC(C)N)c1. The molecule has 0 bridgehead atoms. The molecule has 0 aliphatic rings. The Labute approximate surface area is 122 Å². The maximum absolute atomic E-state index is 11.6. The van der Waals surface area contributed by atoms with Crippen molar-refractivity contribution >= 4 is 5.91 Å². The molecule has 0 spiro atoms. The fourth-order valence-corrected chi connectivity index (χ4v) is 2.11. The molecule has 0 aliphatic carbocycles. The minimum absolute atomic E-state index is 0.00847. The Morgan fingerprint density at radius 3 is 2.55 bits per heavy atom. The molecule has 0 fully saturated rings. The van der Waals surface area contributed by atoms with Gasteiger partial charge in [0.2, 0.25) is 5.91 Å². The van der Waals surface area contributed by atoms with Crippen molar-refractivity contribution < 1.29 is 4.79 Å². The van der Waals surface area contributed by atoms with Gasteiger partial charge in [0.25, 0.3) is 0 Å². The van der Waals surface area contributed by atoms with Gasteiger partial charge in [-0.3, -0.25) is 9.69 Å². The van der Waals surface area contributed by atoms with Crippen LogP contribution in [0.4, 0.5) is 0 Å². The fourth-order valence-electron chi connectivity index (χ4n) is 2.11. The van der Waals surface area contributed by atoms with Crippen molar-refractivity contribution in [1.29, 1.82) is 0 Å². The second kappa shape index (κ2) is 8.72. The van der Waals surface area contributed by atoms with E-state index in [1.54, 1.807) is 0 Å². The first-order valence-corrected chi connectivity index (χ1v) is 7.37. The summed E-state index contributed by atoms with van der Waals surface area (Å²) < 4.78 is 0. The van der Waals surface area contributed by atoms with Gasteiger partial charge in [-0.15, -0.1) is 0 Å². The van der Waals surface area contributed by atoms with E-state index in [4.69, 9.17) is 5.73 Å². The average Bonchev–Trinajstić information content (AvgIpc) is 2.42. The summed E-state index contributed by atoms with van der Waals surface area (Å²) in [5.41, 5.74) is 8.02. The molecule has 1 amide bonds. The van der Waals surface area contributed by atoms with Crippen LogP contribution in [-0.4, -0.2) is 29.9 Å². The molecule has 0 saturated carbocycles. The van der Waals surface area contributed by atoms with Gasteiger partial charge in [-0.1, -0.05) is 38.1 Å². The van der Waals surface area contributed by atoms with Gasteiger partial charge in [-0.25, -0.2) is 0 Å². The van der Waals surface area contributed by atoms with Crippen molar-refractivity contribution in [3.8, 4) is 0 Å². The smallest absolute Gasteiger partial charge is 0.221 e. The van der Waals surface area contributed by atoms with Crippen LogP contribution in [0.15, 0.2) is 24.3 Å². The van der Waals surface area contributed by atoms with Gasteiger partial charge in [0, 0.05) is 25.6 Å². The van der Waals surface area contributed by atoms with Gasteiger partial charge in [-0.05, 0) is 31.1 Å². The van der Waals surface area contributed by atoms with Crippen molar-refractivity contribution in [2.24, 2.45) is 5.73 Å². The first kappa shape index (κ1) is 16.7. The molecule has 1 aromatic rings. The molecule has 0 radical (unpaired) electrons. The van der Waals surface area contributed by atoms with Gasteiger partial charge in [0.15, 0.2) is 0 Å². The summed E-state index contributed by atoms with van der Waals surface area (Å²) in [6.45, 7) is 9.79. The number of rotatable bonds is 8. The van der Waals surface area contributed by atoms with E-state index in [2.05, 4.69) is 36.2 Å². The standard InChI is InChI=1S/C16H27N3O/c1-4-19(5-2)12-15-8-6-7-14(10-15)11-18-16(20)9-13(3)17/h6-8,10,13H,4-5,9,11-12,17H2,1-3H3,(H,18,20). The number of hydrogen-bond donors (Lipinski definition) is 2. The first-order chi connectivity index (χ1) is 9.55. The van der Waals surface area contributed by atoms with Crippen LogP contribution in [0.2, 0.25) is 0 Å². The number of carbonyl (C=O) groups excluding carboxylic acids is 1. The minimum Gasteiger partial charge on any atom is -0.352 e. The highest BCUT2D eigenvalue weighted by Crippen LogP contribution is 2.08. The molecule has 1 aromatic carbocycles. The third-order valence-electron chi connectivity index (χ3n) is 3.29. The third-order valence-corrected chi connectivity index (χ3v) is 3.29. The number of amides is 1. The van der Waals surface area contributed by atoms with Crippen molar-refractivity contribution in [2.75, 3.05) is 13.1 Å². The summed E-state index contributed by atoms with van der Waals surface area (Å²) in [6, 6.07) is 8.28. The zero-order chi connectivity index (χ0) is 15.0. The Balaban J connectivity index is 2.53. The van der Waals surface area contributed by atoms with E-state index in [0.717, 1.165) is 25.2 Å². The van der Waals surface area contributed by atoms with Crippen molar-refractivity contribution in [1.82, 2.24) is 10.2 Å².